The van der Waals surface area contributed by atoms with Gasteiger partial charge in [-0.25, -0.2) is 0 Å². The Morgan fingerprint density at radius 1 is 0.455 bits per heavy atom. The van der Waals surface area contributed by atoms with E-state index in [1.165, 1.54) is 75.2 Å². The number of carbonyl (C=O) groups is 8. The van der Waals surface area contributed by atoms with Crippen LogP contribution in [0.2, 0.25) is 0 Å². The number of amides is 4. The number of alkyl halides is 12. The van der Waals surface area contributed by atoms with Gasteiger partial charge in [0.05, 0.1) is 6.42 Å². The first kappa shape index (κ1) is 93.9. The fraction of sp³-hybridized carbons (Fsp3) is 0.487. The molecular formula is C76H85F9IN2O16S6-. The number of ketones is 2. The second kappa shape index (κ2) is 48.4. The second-order valence-corrected chi connectivity index (χ2v) is 39.4. The number of benzene rings is 4. The number of hydrogen-bond acceptors (Lipinski definition) is 22. The molecule has 8 unspecified atom stereocenters. The molecule has 0 radical (unpaired) electrons. The maximum absolute atomic E-state index is 12.3. The third kappa shape index (κ3) is 31.3. The minimum absolute atomic E-state index is 0.0586. The molecule has 34 heteroatoms. The SMILES string of the molecule is CCC(C)CC(C)CC(=O)OCC1c2ccccc2-c2ccccc21.CCC1CC(CC(=O)CCN2C(=O)C=CC2=O)SS1.CCC1CC(CC(=O)CCN2C(=O)C=CC2=O)SS1.CCC1CC(CC(=O)OCC2c3ccccc3-c3ccccc32)SS1.O=C=O.O=C=O.O=C=O.[3H][I-](C(F)(F)F)(C(F)(F)F)C(F)(F)F. The molecule has 0 saturated carbocycles. The van der Waals surface area contributed by atoms with Gasteiger partial charge in [0.15, 0.2) is 0 Å². The molecule has 0 spiro atoms. The number of Topliss-reactive ketones (excluding diaryl/α,β-unsaturated/α-hetero) is 2. The van der Waals surface area contributed by atoms with E-state index >= 15 is 0 Å². The van der Waals surface area contributed by atoms with Gasteiger partial charge >= 0.3 is 103 Å². The van der Waals surface area contributed by atoms with Gasteiger partial charge in [0.1, 0.15) is 24.8 Å². The quantitative estimate of drug-likeness (QED) is 0.0158. The molecule has 4 amide bonds. The van der Waals surface area contributed by atoms with Crippen LogP contribution in [0.5, 0.6) is 0 Å². The number of nitrogens with zero attached hydrogens (tertiary/aromatic N) is 2. The molecule has 7 aliphatic rings. The third-order valence-corrected chi connectivity index (χ3v) is 31.9. The Morgan fingerprint density at radius 3 is 0.991 bits per heavy atom. The van der Waals surface area contributed by atoms with Crippen molar-refractivity contribution in [1.82, 2.24) is 9.80 Å². The molecule has 5 aliphatic heterocycles. The Hall–Kier alpha value is -6.74. The van der Waals surface area contributed by atoms with Crippen molar-refractivity contribution in [2.24, 2.45) is 11.8 Å². The summed E-state index contributed by atoms with van der Waals surface area (Å²) in [5.74, 6) is 0.265. The average molecular weight is 1770 g/mol. The van der Waals surface area contributed by atoms with Crippen molar-refractivity contribution in [1.29, 1.82) is 0.594 Å². The molecule has 18 nitrogen and oxygen atoms in total. The first-order chi connectivity index (χ1) is 52.5. The number of carbonyl (C=O) groups excluding carboxylic acids is 14. The first-order valence-corrected chi connectivity index (χ1v) is 44.9. The summed E-state index contributed by atoms with van der Waals surface area (Å²) in [6.45, 7) is 14.4. The molecule has 0 bridgehead atoms. The average Bonchev–Trinajstić information content (AvgIpc) is 1.69. The molecule has 11 rings (SSSR count). The van der Waals surface area contributed by atoms with Crippen molar-refractivity contribution in [2.45, 2.75) is 187 Å². The van der Waals surface area contributed by atoms with Crippen LogP contribution in [-0.2, 0) is 76.6 Å². The van der Waals surface area contributed by atoms with E-state index in [4.69, 9.17) is 38.8 Å². The van der Waals surface area contributed by atoms with Crippen LogP contribution in [0.1, 0.15) is 166 Å². The van der Waals surface area contributed by atoms with Gasteiger partial charge in [0.2, 0.25) is 0 Å². The van der Waals surface area contributed by atoms with E-state index in [0.717, 1.165) is 54.7 Å². The molecule has 8 atom stereocenters. The molecule has 3 fully saturated rings. The summed E-state index contributed by atoms with van der Waals surface area (Å²) in [6, 6.07) is 33.8. The molecule has 2 aliphatic carbocycles. The van der Waals surface area contributed by atoms with Crippen LogP contribution < -0.4 is 19.6 Å². The second-order valence-electron chi connectivity index (χ2n) is 25.5. The first-order valence-electron chi connectivity index (χ1n) is 35.2. The number of rotatable bonds is 24. The van der Waals surface area contributed by atoms with Gasteiger partial charge in [0.25, 0.3) is 23.6 Å². The molecule has 0 N–H and O–H groups in total. The number of imide groups is 2. The van der Waals surface area contributed by atoms with E-state index in [9.17, 15) is 77.9 Å². The van der Waals surface area contributed by atoms with Crippen LogP contribution in [0.3, 0.4) is 0 Å². The minimum atomic E-state index is -8.60. The fourth-order valence-electron chi connectivity index (χ4n) is 12.3. The Bertz CT molecular complexity index is 3700. The predicted molar refractivity (Wildman–Crippen MR) is 400 cm³/mol. The number of hydrogen-bond donors (Lipinski definition) is 0. The van der Waals surface area contributed by atoms with E-state index in [1.807, 2.05) is 43.2 Å². The zero-order valence-electron chi connectivity index (χ0n) is 61.7. The van der Waals surface area contributed by atoms with Gasteiger partial charge in [-0.05, 0) is 101 Å². The predicted octanol–water partition coefficient (Wildman–Crippen LogP) is 14.0. The number of halogens is 10. The third-order valence-electron chi connectivity index (χ3n) is 17.7. The number of fused-ring (bicyclic) bond motifs is 6. The van der Waals surface area contributed by atoms with E-state index in [-0.39, 0.29) is 103 Å². The summed E-state index contributed by atoms with van der Waals surface area (Å²) >= 11 is -8.60. The molecule has 4 aromatic carbocycles. The summed E-state index contributed by atoms with van der Waals surface area (Å²) in [5, 5.41) is 3.21. The van der Waals surface area contributed by atoms with Crippen molar-refractivity contribution < 1.29 is 136 Å². The van der Waals surface area contributed by atoms with Crippen LogP contribution in [0, 0.1) is 11.8 Å². The van der Waals surface area contributed by atoms with Gasteiger partial charge in [-0.15, -0.1) is 0 Å². The van der Waals surface area contributed by atoms with Crippen LogP contribution in [0.4, 0.5) is 39.5 Å². The molecule has 4 aromatic rings. The zero-order chi connectivity index (χ0) is 82.8. The number of esters is 2. The molecule has 0 aromatic heterocycles. The van der Waals surface area contributed by atoms with Crippen LogP contribution in [-0.4, -0.2) is 146 Å². The summed E-state index contributed by atoms with van der Waals surface area (Å²) in [6.07, 6.45) is 17.5. The van der Waals surface area contributed by atoms with Crippen LogP contribution >= 0.6 is 64.8 Å². The van der Waals surface area contributed by atoms with Crippen LogP contribution in [0.15, 0.2) is 121 Å². The molecule has 5 heterocycles. The van der Waals surface area contributed by atoms with Gasteiger partial charge in [-0.2, -0.15) is 28.8 Å². The van der Waals surface area contributed by atoms with E-state index in [0.29, 0.717) is 82.2 Å². The van der Waals surface area contributed by atoms with Crippen molar-refractivity contribution in [2.75, 3.05) is 26.3 Å². The topological polar surface area (TPSA) is 264 Å². The summed E-state index contributed by atoms with van der Waals surface area (Å²) in [4.78, 5) is 145. The molecule has 110 heavy (non-hydrogen) atoms. The Labute approximate surface area is 663 Å². The standard InChI is InChI=1S/C23H28O2.C21H22O2S2.2C13H17NO3S2.C3HF9I.3CO2/c1-4-16(2)13-17(3)14-23(24)25-15-22-20-11-7-5-9-18(20)19-10-6-8-12-21(19)22;1-2-14-11-15(25-24-14)12-21(22)23-13-20-18-9-5-3-7-16(18)17-8-4-6-10-19(17)20;2*1-2-10-8-11(19-18-10)7-9(15)5-6-14-12(16)3-4-13(14)17;4-1(5,6)13(2(7,8)9)3(10,11)12;3*2-1-3/h5-12,16-17,22H,4,13-15H2,1-3H3;3-10,14-15,20H,2,11-13H2,1H3;2*3-4,10-11H,2,5-8H2,1H3;13H;;;/q;;;;-1;;;/i;;;;13T;;;. The van der Waals surface area contributed by atoms with Gasteiger partial charge < -0.3 is 9.47 Å². The van der Waals surface area contributed by atoms with Crippen LogP contribution in [0.25, 0.3) is 22.3 Å². The van der Waals surface area contributed by atoms with Crippen molar-refractivity contribution in [3.8, 4) is 22.3 Å². The summed E-state index contributed by atoms with van der Waals surface area (Å²) in [7, 11) is 11.1. The number of ether oxygens (including phenoxy) is 2. The summed E-state index contributed by atoms with van der Waals surface area (Å²) < 4.78 is 101. The maximum atomic E-state index is 12.3. The van der Waals surface area contributed by atoms with E-state index in [2.05, 4.69) is 139 Å². The molecule has 602 valence electrons. The van der Waals surface area contributed by atoms with E-state index in [1.54, 1.807) is 21.6 Å². The molecule has 3 saturated heterocycles. The monoisotopic (exact) mass is 1770 g/mol. The zero-order valence-corrected chi connectivity index (χ0v) is 67.8. The van der Waals surface area contributed by atoms with Crippen molar-refractivity contribution in [3.05, 3.63) is 144 Å². The van der Waals surface area contributed by atoms with Gasteiger partial charge in [-0.1, -0.05) is 210 Å². The van der Waals surface area contributed by atoms with Crippen molar-refractivity contribution in [3.63, 3.8) is 0 Å². The summed E-state index contributed by atoms with van der Waals surface area (Å²) in [5.41, 5.74) is 10.2. The van der Waals surface area contributed by atoms with Gasteiger partial charge in [0, 0.05) is 113 Å². The van der Waals surface area contributed by atoms with E-state index < -0.39 is 32.2 Å². The fourth-order valence-corrected chi connectivity index (χ4v) is 24.7. The Morgan fingerprint density at radius 2 is 0.727 bits per heavy atom. The normalized spacial score (nSPS) is 20.0. The Kier molecular flexibility index (Phi) is 41.3. The van der Waals surface area contributed by atoms with Crippen molar-refractivity contribution >= 4 is 130 Å². The Balaban J connectivity index is 0.000000288. The van der Waals surface area contributed by atoms with Gasteiger partial charge in [-0.3, -0.25) is 48.2 Å². The molecular weight excluding hydrogens is 1690 g/mol.